The summed E-state index contributed by atoms with van der Waals surface area (Å²) in [6.45, 7) is 1.79. The second kappa shape index (κ2) is 4.18. The Morgan fingerprint density at radius 1 is 1.31 bits per heavy atom. The Kier molecular flexibility index (Phi) is 2.72. The largest absolute Gasteiger partial charge is 0.365 e. The summed E-state index contributed by atoms with van der Waals surface area (Å²) in [5.74, 6) is -0.757. The minimum absolute atomic E-state index is 0.188. The van der Waals surface area contributed by atoms with E-state index in [4.69, 9.17) is 0 Å². The van der Waals surface area contributed by atoms with Gasteiger partial charge in [0.15, 0.2) is 0 Å². The topological polar surface area (TPSA) is 44.9 Å². The van der Waals surface area contributed by atoms with Crippen molar-refractivity contribution in [2.45, 2.75) is 6.92 Å². The molecule has 82 valence electrons. The van der Waals surface area contributed by atoms with Crippen molar-refractivity contribution in [1.29, 1.82) is 0 Å². The molecule has 0 saturated heterocycles. The summed E-state index contributed by atoms with van der Waals surface area (Å²) in [7, 11) is 0. The Hall–Kier alpha value is -2.10. The van der Waals surface area contributed by atoms with Crippen LogP contribution in [0.3, 0.4) is 0 Å². The average Bonchev–Trinajstić information content (AvgIpc) is 2.68. The second-order valence-corrected chi connectivity index (χ2v) is 3.45. The highest BCUT2D eigenvalue weighted by Crippen LogP contribution is 2.14. The number of aromatic amines is 1. The van der Waals surface area contributed by atoms with E-state index in [9.17, 15) is 9.18 Å². The number of anilines is 1. The van der Waals surface area contributed by atoms with Gasteiger partial charge in [-0.3, -0.25) is 4.79 Å². The molecule has 0 saturated carbocycles. The first-order chi connectivity index (χ1) is 7.68. The Morgan fingerprint density at radius 3 is 2.69 bits per heavy atom. The zero-order valence-corrected chi connectivity index (χ0v) is 8.75. The van der Waals surface area contributed by atoms with E-state index >= 15 is 0 Å². The second-order valence-electron chi connectivity index (χ2n) is 3.45. The lowest BCUT2D eigenvalue weighted by atomic mass is 10.2. The van der Waals surface area contributed by atoms with Gasteiger partial charge in [0.2, 0.25) is 0 Å². The van der Waals surface area contributed by atoms with Crippen LogP contribution >= 0.6 is 0 Å². The van der Waals surface area contributed by atoms with E-state index in [0.717, 1.165) is 5.69 Å². The molecule has 2 aromatic rings. The maximum atomic E-state index is 13.3. The molecule has 0 radical (unpaired) electrons. The first-order valence-corrected chi connectivity index (χ1v) is 4.88. The number of hydrogen-bond acceptors (Lipinski definition) is 1. The van der Waals surface area contributed by atoms with Gasteiger partial charge in [-0.15, -0.1) is 0 Å². The van der Waals surface area contributed by atoms with Crippen molar-refractivity contribution in [3.63, 3.8) is 0 Å². The molecule has 0 aliphatic heterocycles. The first kappa shape index (κ1) is 10.4. The molecule has 0 aliphatic rings. The molecule has 0 spiro atoms. The van der Waals surface area contributed by atoms with Gasteiger partial charge in [-0.25, -0.2) is 4.39 Å². The van der Waals surface area contributed by atoms with E-state index < -0.39 is 5.82 Å². The molecule has 1 aromatic carbocycles. The highest BCUT2D eigenvalue weighted by Gasteiger charge is 2.11. The molecule has 16 heavy (non-hydrogen) atoms. The first-order valence-electron chi connectivity index (χ1n) is 4.88. The molecule has 2 N–H and O–H groups in total. The average molecular weight is 218 g/mol. The number of hydrogen-bond donors (Lipinski definition) is 2. The van der Waals surface area contributed by atoms with Gasteiger partial charge in [-0.2, -0.15) is 0 Å². The standard InChI is InChI=1S/C12H11FN2O/c1-8-9(6-7-14-8)12(16)15-11-5-3-2-4-10(11)13/h2-7,14H,1H3,(H,15,16). The Bertz CT molecular complexity index is 519. The maximum absolute atomic E-state index is 13.3. The van der Waals surface area contributed by atoms with Crippen LogP contribution in [0.2, 0.25) is 0 Å². The van der Waals surface area contributed by atoms with Crippen LogP contribution in [0.4, 0.5) is 10.1 Å². The number of H-pyrrole nitrogens is 1. The number of rotatable bonds is 2. The third kappa shape index (κ3) is 1.95. The van der Waals surface area contributed by atoms with Crippen LogP contribution in [-0.2, 0) is 0 Å². The maximum Gasteiger partial charge on any atom is 0.257 e. The summed E-state index contributed by atoms with van der Waals surface area (Å²) in [6, 6.07) is 7.73. The monoisotopic (exact) mass is 218 g/mol. The van der Waals surface area contributed by atoms with Gasteiger partial charge < -0.3 is 10.3 Å². The van der Waals surface area contributed by atoms with E-state index in [1.807, 2.05) is 0 Å². The quantitative estimate of drug-likeness (QED) is 0.799. The third-order valence-corrected chi connectivity index (χ3v) is 2.32. The van der Waals surface area contributed by atoms with Crippen molar-refractivity contribution in [1.82, 2.24) is 4.98 Å². The molecule has 0 bridgehead atoms. The van der Waals surface area contributed by atoms with Crippen molar-refractivity contribution in [3.05, 3.63) is 53.6 Å². The van der Waals surface area contributed by atoms with Gasteiger partial charge in [-0.05, 0) is 25.1 Å². The zero-order chi connectivity index (χ0) is 11.5. The molecule has 0 aliphatic carbocycles. The number of para-hydroxylation sites is 1. The highest BCUT2D eigenvalue weighted by atomic mass is 19.1. The molecular formula is C12H11FN2O. The number of aryl methyl sites for hydroxylation is 1. The lowest BCUT2D eigenvalue weighted by Crippen LogP contribution is -2.13. The number of amides is 1. The Balaban J connectivity index is 2.21. The van der Waals surface area contributed by atoms with Crippen LogP contribution in [0.1, 0.15) is 16.1 Å². The predicted molar refractivity (Wildman–Crippen MR) is 59.9 cm³/mol. The Morgan fingerprint density at radius 2 is 2.06 bits per heavy atom. The Labute approximate surface area is 92.3 Å². The van der Waals surface area contributed by atoms with Crippen molar-refractivity contribution in [2.75, 3.05) is 5.32 Å². The lowest BCUT2D eigenvalue weighted by Gasteiger charge is -2.05. The van der Waals surface area contributed by atoms with Crippen LogP contribution in [0.5, 0.6) is 0 Å². The van der Waals surface area contributed by atoms with E-state index in [0.29, 0.717) is 5.56 Å². The lowest BCUT2D eigenvalue weighted by molar-refractivity contribution is 0.102. The molecule has 4 heteroatoms. The summed E-state index contributed by atoms with van der Waals surface area (Å²) >= 11 is 0. The normalized spacial score (nSPS) is 10.1. The number of benzene rings is 1. The van der Waals surface area contributed by atoms with E-state index in [1.54, 1.807) is 31.3 Å². The molecule has 1 amide bonds. The number of carbonyl (C=O) groups is 1. The van der Waals surface area contributed by atoms with E-state index in [1.165, 1.54) is 12.1 Å². The molecule has 3 nitrogen and oxygen atoms in total. The number of aromatic nitrogens is 1. The summed E-state index contributed by atoms with van der Waals surface area (Å²) < 4.78 is 13.3. The fourth-order valence-corrected chi connectivity index (χ4v) is 1.45. The summed E-state index contributed by atoms with van der Waals surface area (Å²) in [6.07, 6.45) is 1.67. The highest BCUT2D eigenvalue weighted by molar-refractivity contribution is 6.05. The number of nitrogens with one attached hydrogen (secondary N) is 2. The van der Waals surface area contributed by atoms with Crippen molar-refractivity contribution < 1.29 is 9.18 Å². The number of carbonyl (C=O) groups excluding carboxylic acids is 1. The van der Waals surface area contributed by atoms with Gasteiger partial charge >= 0.3 is 0 Å². The SMILES string of the molecule is Cc1[nH]ccc1C(=O)Nc1ccccc1F. The molecule has 0 unspecified atom stereocenters. The summed E-state index contributed by atoms with van der Waals surface area (Å²) in [5, 5.41) is 2.52. The smallest absolute Gasteiger partial charge is 0.257 e. The fraction of sp³-hybridized carbons (Fsp3) is 0.0833. The third-order valence-electron chi connectivity index (χ3n) is 2.32. The van der Waals surface area contributed by atoms with Gasteiger partial charge in [0.05, 0.1) is 11.3 Å². The molecule has 1 aromatic heterocycles. The van der Waals surface area contributed by atoms with Crippen molar-refractivity contribution >= 4 is 11.6 Å². The predicted octanol–water partition coefficient (Wildman–Crippen LogP) is 2.71. The van der Waals surface area contributed by atoms with Crippen LogP contribution in [-0.4, -0.2) is 10.9 Å². The summed E-state index contributed by atoms with van der Waals surface area (Å²) in [4.78, 5) is 14.6. The molecule has 0 atom stereocenters. The minimum atomic E-state index is -0.441. The minimum Gasteiger partial charge on any atom is -0.365 e. The summed E-state index contributed by atoms with van der Waals surface area (Å²) in [5.41, 5.74) is 1.46. The fourth-order valence-electron chi connectivity index (χ4n) is 1.45. The van der Waals surface area contributed by atoms with Crippen molar-refractivity contribution in [2.24, 2.45) is 0 Å². The zero-order valence-electron chi connectivity index (χ0n) is 8.75. The number of halogens is 1. The molecule has 2 rings (SSSR count). The van der Waals surface area contributed by atoms with E-state index in [-0.39, 0.29) is 11.6 Å². The van der Waals surface area contributed by atoms with Crippen LogP contribution in [0.15, 0.2) is 36.5 Å². The van der Waals surface area contributed by atoms with Gasteiger partial charge in [0.25, 0.3) is 5.91 Å². The van der Waals surface area contributed by atoms with Gasteiger partial charge in [0.1, 0.15) is 5.82 Å². The van der Waals surface area contributed by atoms with Crippen LogP contribution in [0, 0.1) is 12.7 Å². The molecule has 0 fully saturated rings. The molecular weight excluding hydrogens is 207 g/mol. The van der Waals surface area contributed by atoms with Crippen molar-refractivity contribution in [3.8, 4) is 0 Å². The van der Waals surface area contributed by atoms with Crippen LogP contribution < -0.4 is 5.32 Å². The van der Waals surface area contributed by atoms with E-state index in [2.05, 4.69) is 10.3 Å². The van der Waals surface area contributed by atoms with Crippen LogP contribution in [0.25, 0.3) is 0 Å². The van der Waals surface area contributed by atoms with Gasteiger partial charge in [-0.1, -0.05) is 12.1 Å². The van der Waals surface area contributed by atoms with Gasteiger partial charge in [0, 0.05) is 11.9 Å². The molecule has 1 heterocycles.